The maximum Gasteiger partial charge on any atom is 0.168 e. The Morgan fingerprint density at radius 2 is 1.40 bits per heavy atom. The Hall–Kier alpha value is -3.11. The standard InChI is InChI=1S/C26H29NO3/c1-27(2)18-24(26(28)21-13-9-15-23(17-21)30-4)25(19-10-6-5-7-11-19)20-12-8-14-22(16-20)29-3/h5-17,24-25H,18H2,1-4H3. The second kappa shape index (κ2) is 10.1. The van der Waals surface area contributed by atoms with Crippen LogP contribution in [0.25, 0.3) is 0 Å². The van der Waals surface area contributed by atoms with Crippen molar-refractivity contribution < 1.29 is 14.3 Å². The zero-order valence-corrected chi connectivity index (χ0v) is 18.0. The average Bonchev–Trinajstić information content (AvgIpc) is 2.79. The molecule has 0 saturated carbocycles. The molecule has 0 amide bonds. The number of hydrogen-bond acceptors (Lipinski definition) is 4. The van der Waals surface area contributed by atoms with Crippen molar-refractivity contribution in [1.29, 1.82) is 0 Å². The van der Waals surface area contributed by atoms with E-state index in [1.807, 2.05) is 74.8 Å². The summed E-state index contributed by atoms with van der Waals surface area (Å²) in [5.74, 6) is 1.18. The van der Waals surface area contributed by atoms with Gasteiger partial charge in [0.05, 0.1) is 14.2 Å². The molecule has 0 N–H and O–H groups in total. The quantitative estimate of drug-likeness (QED) is 0.477. The van der Waals surface area contributed by atoms with Crippen molar-refractivity contribution in [3.63, 3.8) is 0 Å². The van der Waals surface area contributed by atoms with Gasteiger partial charge in [-0.3, -0.25) is 4.79 Å². The summed E-state index contributed by atoms with van der Waals surface area (Å²) in [6.45, 7) is 0.618. The molecule has 0 fully saturated rings. The fraction of sp³-hybridized carbons (Fsp3) is 0.269. The van der Waals surface area contributed by atoms with Gasteiger partial charge in [0, 0.05) is 23.9 Å². The van der Waals surface area contributed by atoms with E-state index >= 15 is 0 Å². The van der Waals surface area contributed by atoms with Crippen molar-refractivity contribution in [2.75, 3.05) is 34.9 Å². The highest BCUT2D eigenvalue weighted by Crippen LogP contribution is 2.36. The summed E-state index contributed by atoms with van der Waals surface area (Å²) < 4.78 is 10.8. The lowest BCUT2D eigenvalue weighted by molar-refractivity contribution is 0.0882. The number of carbonyl (C=O) groups excluding carboxylic acids is 1. The first-order chi connectivity index (χ1) is 14.5. The van der Waals surface area contributed by atoms with Gasteiger partial charge in [-0.2, -0.15) is 0 Å². The minimum absolute atomic E-state index is 0.0965. The van der Waals surface area contributed by atoms with Crippen molar-refractivity contribution in [2.24, 2.45) is 5.92 Å². The van der Waals surface area contributed by atoms with Crippen LogP contribution >= 0.6 is 0 Å². The lowest BCUT2D eigenvalue weighted by Gasteiger charge is -2.30. The topological polar surface area (TPSA) is 38.8 Å². The molecular formula is C26H29NO3. The summed E-state index contributed by atoms with van der Waals surface area (Å²) in [4.78, 5) is 15.8. The molecule has 0 heterocycles. The number of Topliss-reactive ketones (excluding diaryl/α,β-unsaturated/α-hetero) is 1. The Balaban J connectivity index is 2.12. The molecule has 0 spiro atoms. The summed E-state index contributed by atoms with van der Waals surface area (Å²) in [5.41, 5.74) is 2.82. The lowest BCUT2D eigenvalue weighted by Crippen LogP contribution is -2.33. The third-order valence-electron chi connectivity index (χ3n) is 5.27. The maximum atomic E-state index is 13.8. The van der Waals surface area contributed by atoms with Gasteiger partial charge in [-0.1, -0.05) is 54.6 Å². The third-order valence-corrected chi connectivity index (χ3v) is 5.27. The molecule has 0 saturated heterocycles. The molecule has 156 valence electrons. The normalized spacial score (nSPS) is 13.0. The number of ether oxygens (including phenoxy) is 2. The first-order valence-electron chi connectivity index (χ1n) is 10.1. The molecule has 0 aliphatic heterocycles. The maximum absolute atomic E-state index is 13.8. The Morgan fingerprint density at radius 1 is 0.800 bits per heavy atom. The van der Waals surface area contributed by atoms with Crippen LogP contribution < -0.4 is 9.47 Å². The number of methoxy groups -OCH3 is 2. The van der Waals surface area contributed by atoms with Crippen molar-refractivity contribution in [1.82, 2.24) is 4.90 Å². The fourth-order valence-electron chi connectivity index (χ4n) is 3.88. The van der Waals surface area contributed by atoms with Crippen LogP contribution in [0.4, 0.5) is 0 Å². The minimum Gasteiger partial charge on any atom is -0.497 e. The monoisotopic (exact) mass is 403 g/mol. The molecule has 3 aromatic carbocycles. The van der Waals surface area contributed by atoms with Crippen LogP contribution in [-0.2, 0) is 0 Å². The van der Waals surface area contributed by atoms with E-state index in [0.717, 1.165) is 16.9 Å². The molecular weight excluding hydrogens is 374 g/mol. The van der Waals surface area contributed by atoms with E-state index in [9.17, 15) is 4.79 Å². The van der Waals surface area contributed by atoms with E-state index in [4.69, 9.17) is 9.47 Å². The average molecular weight is 404 g/mol. The molecule has 0 radical (unpaired) electrons. The van der Waals surface area contributed by atoms with Crippen molar-refractivity contribution in [3.05, 3.63) is 95.6 Å². The van der Waals surface area contributed by atoms with E-state index in [1.54, 1.807) is 14.2 Å². The Labute approximate surface area is 179 Å². The molecule has 3 rings (SSSR count). The van der Waals surface area contributed by atoms with Gasteiger partial charge >= 0.3 is 0 Å². The highest BCUT2D eigenvalue weighted by molar-refractivity contribution is 5.99. The van der Waals surface area contributed by atoms with E-state index in [-0.39, 0.29) is 17.6 Å². The number of ketones is 1. The number of benzene rings is 3. The summed E-state index contributed by atoms with van der Waals surface area (Å²) >= 11 is 0. The highest BCUT2D eigenvalue weighted by atomic mass is 16.5. The molecule has 30 heavy (non-hydrogen) atoms. The smallest absolute Gasteiger partial charge is 0.168 e. The first kappa shape index (κ1) is 21.6. The highest BCUT2D eigenvalue weighted by Gasteiger charge is 2.32. The van der Waals surface area contributed by atoms with Crippen LogP contribution in [-0.4, -0.2) is 45.5 Å². The van der Waals surface area contributed by atoms with Gasteiger partial charge in [-0.05, 0) is 49.5 Å². The number of rotatable bonds is 9. The van der Waals surface area contributed by atoms with Gasteiger partial charge < -0.3 is 14.4 Å². The van der Waals surface area contributed by atoms with E-state index in [2.05, 4.69) is 23.1 Å². The molecule has 4 nitrogen and oxygen atoms in total. The molecule has 0 aliphatic rings. The molecule has 3 aromatic rings. The summed E-state index contributed by atoms with van der Waals surface area (Å²) in [5, 5.41) is 0. The molecule has 2 unspecified atom stereocenters. The zero-order chi connectivity index (χ0) is 21.5. The van der Waals surface area contributed by atoms with Crippen LogP contribution in [0.2, 0.25) is 0 Å². The summed E-state index contributed by atoms with van der Waals surface area (Å²) in [6.07, 6.45) is 0. The Kier molecular flexibility index (Phi) is 7.26. The minimum atomic E-state index is -0.276. The zero-order valence-electron chi connectivity index (χ0n) is 18.0. The van der Waals surface area contributed by atoms with Crippen LogP contribution in [0.5, 0.6) is 11.5 Å². The summed E-state index contributed by atoms with van der Waals surface area (Å²) in [6, 6.07) is 25.6. The van der Waals surface area contributed by atoms with Crippen molar-refractivity contribution in [2.45, 2.75) is 5.92 Å². The van der Waals surface area contributed by atoms with Gasteiger partial charge in [-0.25, -0.2) is 0 Å². The van der Waals surface area contributed by atoms with Crippen LogP contribution in [0, 0.1) is 5.92 Å². The largest absolute Gasteiger partial charge is 0.497 e. The van der Waals surface area contributed by atoms with Crippen molar-refractivity contribution >= 4 is 5.78 Å². The van der Waals surface area contributed by atoms with Gasteiger partial charge in [0.25, 0.3) is 0 Å². The second-order valence-electron chi connectivity index (χ2n) is 7.63. The number of carbonyl (C=O) groups is 1. The van der Waals surface area contributed by atoms with Gasteiger partial charge in [0.1, 0.15) is 11.5 Å². The molecule has 0 bridgehead atoms. The van der Waals surface area contributed by atoms with Gasteiger partial charge in [0.15, 0.2) is 5.78 Å². The fourth-order valence-corrected chi connectivity index (χ4v) is 3.88. The van der Waals surface area contributed by atoms with Crippen LogP contribution in [0.3, 0.4) is 0 Å². The number of hydrogen-bond donors (Lipinski definition) is 0. The summed E-state index contributed by atoms with van der Waals surface area (Å²) in [7, 11) is 7.28. The molecule has 2 atom stereocenters. The SMILES string of the molecule is COc1cccc(C(=O)C(CN(C)C)C(c2ccccc2)c2cccc(OC)c2)c1. The first-order valence-corrected chi connectivity index (χ1v) is 10.1. The second-order valence-corrected chi connectivity index (χ2v) is 7.63. The Morgan fingerprint density at radius 3 is 2.03 bits per heavy atom. The molecule has 4 heteroatoms. The lowest BCUT2D eigenvalue weighted by atomic mass is 9.76. The Bertz CT molecular complexity index is 969. The van der Waals surface area contributed by atoms with Gasteiger partial charge in [0.2, 0.25) is 0 Å². The number of nitrogens with zero attached hydrogens (tertiary/aromatic N) is 1. The molecule has 0 aliphatic carbocycles. The predicted molar refractivity (Wildman–Crippen MR) is 121 cm³/mol. The van der Waals surface area contributed by atoms with Crippen LogP contribution in [0.15, 0.2) is 78.9 Å². The molecule has 0 aromatic heterocycles. The van der Waals surface area contributed by atoms with E-state index < -0.39 is 0 Å². The third kappa shape index (κ3) is 5.08. The van der Waals surface area contributed by atoms with E-state index in [1.165, 1.54) is 0 Å². The van der Waals surface area contributed by atoms with E-state index in [0.29, 0.717) is 17.9 Å². The van der Waals surface area contributed by atoms with Gasteiger partial charge in [-0.15, -0.1) is 0 Å². The predicted octanol–water partition coefficient (Wildman–Crippen LogP) is 4.90. The van der Waals surface area contributed by atoms with Crippen molar-refractivity contribution in [3.8, 4) is 11.5 Å². The van der Waals surface area contributed by atoms with Crippen LogP contribution in [0.1, 0.15) is 27.4 Å².